The summed E-state index contributed by atoms with van der Waals surface area (Å²) in [6.45, 7) is 2.42. The topological polar surface area (TPSA) is 43.4 Å². The van der Waals surface area contributed by atoms with Crippen LogP contribution < -0.4 is 14.8 Å². The average molecular weight is 324 g/mol. The van der Waals surface area contributed by atoms with Crippen LogP contribution in [0.5, 0.6) is 11.5 Å². The first kappa shape index (κ1) is 14.1. The molecule has 4 nitrogen and oxygen atoms in total. The van der Waals surface area contributed by atoms with Gasteiger partial charge in [0.05, 0.1) is 11.7 Å². The summed E-state index contributed by atoms with van der Waals surface area (Å²) >= 11 is 1.61. The normalized spacial score (nSPS) is 13.8. The van der Waals surface area contributed by atoms with Gasteiger partial charge in [-0.1, -0.05) is 30.3 Å². The summed E-state index contributed by atoms with van der Waals surface area (Å²) < 4.78 is 10.8. The zero-order chi connectivity index (χ0) is 15.6. The molecule has 1 atom stereocenters. The van der Waals surface area contributed by atoms with Crippen LogP contribution in [-0.4, -0.2) is 11.8 Å². The van der Waals surface area contributed by atoms with Crippen LogP contribution in [0.15, 0.2) is 53.9 Å². The van der Waals surface area contributed by atoms with E-state index in [1.54, 1.807) is 11.3 Å². The number of benzene rings is 2. The third-order valence-electron chi connectivity index (χ3n) is 3.81. The number of ether oxygens (including phenoxy) is 2. The van der Waals surface area contributed by atoms with E-state index < -0.39 is 0 Å². The number of fused-ring (bicyclic) bond motifs is 1. The van der Waals surface area contributed by atoms with Gasteiger partial charge in [-0.25, -0.2) is 4.98 Å². The fraction of sp³-hybridized carbons (Fsp3) is 0.167. The van der Waals surface area contributed by atoms with E-state index in [9.17, 15) is 0 Å². The molecule has 116 valence electrons. The Labute approximate surface area is 138 Å². The maximum Gasteiger partial charge on any atom is 0.231 e. The number of anilines is 1. The van der Waals surface area contributed by atoms with Crippen molar-refractivity contribution in [2.75, 3.05) is 12.1 Å². The number of rotatable bonds is 4. The predicted octanol–water partition coefficient (Wildman–Crippen LogP) is 4.71. The molecular weight excluding hydrogens is 308 g/mol. The van der Waals surface area contributed by atoms with Crippen LogP contribution >= 0.6 is 11.3 Å². The summed E-state index contributed by atoms with van der Waals surface area (Å²) in [7, 11) is 0. The van der Waals surface area contributed by atoms with Crippen LogP contribution in [0.3, 0.4) is 0 Å². The molecule has 0 bridgehead atoms. The molecule has 23 heavy (non-hydrogen) atoms. The van der Waals surface area contributed by atoms with Crippen molar-refractivity contribution in [2.24, 2.45) is 0 Å². The van der Waals surface area contributed by atoms with E-state index in [4.69, 9.17) is 9.47 Å². The molecule has 1 aliphatic heterocycles. The Hall–Kier alpha value is -2.53. The highest BCUT2D eigenvalue weighted by molar-refractivity contribution is 7.14. The van der Waals surface area contributed by atoms with Gasteiger partial charge in [-0.05, 0) is 30.7 Å². The van der Waals surface area contributed by atoms with Crippen molar-refractivity contribution in [1.29, 1.82) is 0 Å². The molecule has 1 N–H and O–H groups in total. The molecule has 2 aromatic carbocycles. The number of hydrogen-bond acceptors (Lipinski definition) is 5. The Bertz CT molecular complexity index is 817. The second-order valence-electron chi connectivity index (χ2n) is 5.38. The van der Waals surface area contributed by atoms with Gasteiger partial charge in [0.25, 0.3) is 0 Å². The molecule has 1 unspecified atom stereocenters. The Morgan fingerprint density at radius 1 is 1.09 bits per heavy atom. The molecule has 0 saturated heterocycles. The van der Waals surface area contributed by atoms with E-state index in [-0.39, 0.29) is 12.8 Å². The monoisotopic (exact) mass is 324 g/mol. The fourth-order valence-corrected chi connectivity index (χ4v) is 3.35. The first-order chi connectivity index (χ1) is 11.3. The third-order valence-corrected chi connectivity index (χ3v) is 4.59. The van der Waals surface area contributed by atoms with E-state index in [2.05, 4.69) is 34.7 Å². The predicted molar refractivity (Wildman–Crippen MR) is 92.2 cm³/mol. The lowest BCUT2D eigenvalue weighted by atomic mass is 10.1. The molecule has 5 heteroatoms. The van der Waals surface area contributed by atoms with Crippen LogP contribution in [0.2, 0.25) is 0 Å². The standard InChI is InChI=1S/C18H16N2O2S/c1-12(13-5-3-2-4-6-13)19-18-20-15(10-23-18)14-7-8-16-17(9-14)22-11-21-16/h2-10,12H,11H2,1H3,(H,19,20). The quantitative estimate of drug-likeness (QED) is 0.754. The molecular formula is C18H16N2O2S. The molecule has 3 aromatic rings. The molecule has 2 heterocycles. The van der Waals surface area contributed by atoms with Gasteiger partial charge in [-0.15, -0.1) is 11.3 Å². The lowest BCUT2D eigenvalue weighted by Crippen LogP contribution is -2.05. The first-order valence-electron chi connectivity index (χ1n) is 7.46. The van der Waals surface area contributed by atoms with Gasteiger partial charge in [0.2, 0.25) is 6.79 Å². The maximum absolute atomic E-state index is 5.43. The van der Waals surface area contributed by atoms with Gasteiger partial charge in [0, 0.05) is 10.9 Å². The van der Waals surface area contributed by atoms with E-state index >= 15 is 0 Å². The largest absolute Gasteiger partial charge is 0.454 e. The maximum atomic E-state index is 5.43. The van der Waals surface area contributed by atoms with E-state index in [1.165, 1.54) is 5.56 Å². The molecule has 0 spiro atoms. The molecule has 0 saturated carbocycles. The van der Waals surface area contributed by atoms with Crippen molar-refractivity contribution in [3.8, 4) is 22.8 Å². The van der Waals surface area contributed by atoms with Gasteiger partial charge in [0.1, 0.15) is 0 Å². The number of hydrogen-bond donors (Lipinski definition) is 1. The molecule has 4 rings (SSSR count). The van der Waals surface area contributed by atoms with E-state index in [0.29, 0.717) is 0 Å². The summed E-state index contributed by atoms with van der Waals surface area (Å²) in [4.78, 5) is 4.68. The van der Waals surface area contributed by atoms with Crippen molar-refractivity contribution in [1.82, 2.24) is 4.98 Å². The number of nitrogens with one attached hydrogen (secondary N) is 1. The highest BCUT2D eigenvalue weighted by Gasteiger charge is 2.15. The molecule has 0 aliphatic carbocycles. The summed E-state index contributed by atoms with van der Waals surface area (Å²) in [6.07, 6.45) is 0. The smallest absolute Gasteiger partial charge is 0.231 e. The van der Waals surface area contributed by atoms with Crippen LogP contribution in [0, 0.1) is 0 Å². The highest BCUT2D eigenvalue weighted by Crippen LogP contribution is 2.36. The van der Waals surface area contributed by atoms with Crippen molar-refractivity contribution in [3.63, 3.8) is 0 Å². The van der Waals surface area contributed by atoms with Gasteiger partial charge in [0.15, 0.2) is 16.6 Å². The highest BCUT2D eigenvalue weighted by atomic mass is 32.1. The fourth-order valence-electron chi connectivity index (χ4n) is 2.54. The summed E-state index contributed by atoms with van der Waals surface area (Å²) in [5.41, 5.74) is 3.22. The third kappa shape index (κ3) is 2.87. The molecule has 1 aliphatic rings. The van der Waals surface area contributed by atoms with Crippen molar-refractivity contribution >= 4 is 16.5 Å². The number of nitrogens with zero attached hydrogens (tertiary/aromatic N) is 1. The lowest BCUT2D eigenvalue weighted by molar-refractivity contribution is 0.174. The van der Waals surface area contributed by atoms with Crippen LogP contribution in [0.4, 0.5) is 5.13 Å². The summed E-state index contributed by atoms with van der Waals surface area (Å²) in [5.74, 6) is 1.57. The van der Waals surface area contributed by atoms with Crippen LogP contribution in [0.25, 0.3) is 11.3 Å². The summed E-state index contributed by atoms with van der Waals surface area (Å²) in [5, 5.41) is 6.42. The molecule has 0 radical (unpaired) electrons. The second kappa shape index (κ2) is 5.93. The number of thiazole rings is 1. The van der Waals surface area contributed by atoms with Crippen LogP contribution in [0.1, 0.15) is 18.5 Å². The van der Waals surface area contributed by atoms with Crippen molar-refractivity contribution < 1.29 is 9.47 Å². The minimum Gasteiger partial charge on any atom is -0.454 e. The zero-order valence-corrected chi connectivity index (χ0v) is 13.5. The van der Waals surface area contributed by atoms with E-state index in [1.807, 2.05) is 36.4 Å². The van der Waals surface area contributed by atoms with E-state index in [0.717, 1.165) is 27.9 Å². The molecule has 0 amide bonds. The van der Waals surface area contributed by atoms with Crippen molar-refractivity contribution in [2.45, 2.75) is 13.0 Å². The Morgan fingerprint density at radius 3 is 2.78 bits per heavy atom. The number of aromatic nitrogens is 1. The van der Waals surface area contributed by atoms with Gasteiger partial charge in [-0.2, -0.15) is 0 Å². The minimum atomic E-state index is 0.215. The molecule has 1 aromatic heterocycles. The van der Waals surface area contributed by atoms with Gasteiger partial charge >= 0.3 is 0 Å². The lowest BCUT2D eigenvalue weighted by Gasteiger charge is -2.12. The molecule has 0 fully saturated rings. The van der Waals surface area contributed by atoms with Crippen molar-refractivity contribution in [3.05, 3.63) is 59.5 Å². The second-order valence-corrected chi connectivity index (χ2v) is 6.24. The Balaban J connectivity index is 1.53. The summed E-state index contributed by atoms with van der Waals surface area (Å²) in [6, 6.07) is 16.5. The van der Waals surface area contributed by atoms with Gasteiger partial charge < -0.3 is 14.8 Å². The Morgan fingerprint density at radius 2 is 1.91 bits per heavy atom. The zero-order valence-electron chi connectivity index (χ0n) is 12.7. The minimum absolute atomic E-state index is 0.215. The SMILES string of the molecule is CC(Nc1nc(-c2ccc3c(c2)OCO3)cs1)c1ccccc1. The average Bonchev–Trinajstić information content (AvgIpc) is 3.23. The first-order valence-corrected chi connectivity index (χ1v) is 8.34. The van der Waals surface area contributed by atoms with Crippen LogP contribution in [-0.2, 0) is 0 Å². The van der Waals surface area contributed by atoms with Gasteiger partial charge in [-0.3, -0.25) is 0 Å². The Kier molecular flexibility index (Phi) is 3.63.